The van der Waals surface area contributed by atoms with Crippen LogP contribution in [0.3, 0.4) is 0 Å². The molecule has 2 heterocycles. The Balaban J connectivity index is 1.64. The quantitative estimate of drug-likeness (QED) is 0.561. The molecule has 0 aliphatic heterocycles. The van der Waals surface area contributed by atoms with Gasteiger partial charge in [0.25, 0.3) is 17.5 Å². The van der Waals surface area contributed by atoms with Gasteiger partial charge in [-0.1, -0.05) is 6.07 Å². The van der Waals surface area contributed by atoms with Gasteiger partial charge in [0.05, 0.1) is 11.6 Å². The van der Waals surface area contributed by atoms with E-state index in [1.165, 1.54) is 13.0 Å². The molecule has 172 valence electrons. The number of rotatable bonds is 6. The lowest BCUT2D eigenvalue weighted by atomic mass is 10.1. The number of carbonyl (C=O) groups excluding carboxylic acids is 2. The van der Waals surface area contributed by atoms with Gasteiger partial charge in [-0.2, -0.15) is 23.4 Å². The van der Waals surface area contributed by atoms with Crippen LogP contribution in [0.5, 0.6) is 0 Å². The normalized spacial score (nSPS) is 12.3. The third kappa shape index (κ3) is 5.43. The van der Waals surface area contributed by atoms with Gasteiger partial charge in [0.1, 0.15) is 0 Å². The van der Waals surface area contributed by atoms with Crippen molar-refractivity contribution in [1.29, 1.82) is 5.26 Å². The molecule has 2 aromatic heterocycles. The molecule has 0 saturated heterocycles. The lowest BCUT2D eigenvalue weighted by molar-refractivity contribution is -0.153. The highest BCUT2D eigenvalue weighted by Gasteiger charge is 2.37. The van der Waals surface area contributed by atoms with Gasteiger partial charge in [0, 0.05) is 23.5 Å². The summed E-state index contributed by atoms with van der Waals surface area (Å²) < 4.78 is 44.8. The number of nitriles is 1. The highest BCUT2D eigenvalue weighted by Crippen LogP contribution is 2.27. The molecular formula is C21H19F3N6O3. The number of hydrogen-bond donors (Lipinski definition) is 1. The Hall–Kier alpha value is -4.01. The van der Waals surface area contributed by atoms with Crippen molar-refractivity contribution in [2.75, 3.05) is 5.32 Å². The molecule has 0 fully saturated rings. The first-order valence-corrected chi connectivity index (χ1v) is 9.80. The number of benzene rings is 1. The van der Waals surface area contributed by atoms with Crippen molar-refractivity contribution < 1.29 is 27.5 Å². The highest BCUT2D eigenvalue weighted by molar-refractivity contribution is 5.95. The van der Waals surface area contributed by atoms with E-state index in [0.29, 0.717) is 28.2 Å². The number of anilines is 1. The number of nitrogens with one attached hydrogen (secondary N) is 1. The van der Waals surface area contributed by atoms with Crippen molar-refractivity contribution in [2.45, 2.75) is 45.9 Å². The van der Waals surface area contributed by atoms with Crippen molar-refractivity contribution in [1.82, 2.24) is 19.6 Å². The number of ether oxygens (including phenoxy) is 1. The molecule has 1 atom stereocenters. The molecule has 33 heavy (non-hydrogen) atoms. The zero-order valence-corrected chi connectivity index (χ0v) is 17.9. The highest BCUT2D eigenvalue weighted by atomic mass is 19.4. The van der Waals surface area contributed by atoms with Crippen LogP contribution in [0.25, 0.3) is 5.78 Å². The smallest absolute Gasteiger partial charge is 0.453 e. The minimum atomic E-state index is -4.70. The third-order valence-corrected chi connectivity index (χ3v) is 4.82. The fourth-order valence-corrected chi connectivity index (χ4v) is 3.14. The fraction of sp³-hybridized carbons (Fsp3) is 0.333. The summed E-state index contributed by atoms with van der Waals surface area (Å²) in [6.07, 6.45) is -5.81. The van der Waals surface area contributed by atoms with Gasteiger partial charge in [-0.05, 0) is 51.0 Å². The molecule has 1 unspecified atom stereocenters. The molecule has 1 amide bonds. The van der Waals surface area contributed by atoms with Crippen molar-refractivity contribution in [3.63, 3.8) is 0 Å². The van der Waals surface area contributed by atoms with Crippen LogP contribution in [-0.4, -0.2) is 37.6 Å². The summed E-state index contributed by atoms with van der Waals surface area (Å²) in [5, 5.41) is 14.9. The topological polar surface area (TPSA) is 122 Å². The largest absolute Gasteiger partial charge is 0.453 e. The second-order valence-electron chi connectivity index (χ2n) is 7.22. The minimum absolute atomic E-state index is 0.124. The summed E-state index contributed by atoms with van der Waals surface area (Å²) in [4.78, 5) is 32.0. The maximum absolute atomic E-state index is 12.9. The number of amides is 1. The number of aromatic nitrogens is 4. The number of halogens is 3. The Morgan fingerprint density at radius 3 is 2.67 bits per heavy atom. The number of carbonyl (C=O) groups is 2. The molecule has 12 heteroatoms. The molecule has 9 nitrogen and oxygen atoms in total. The van der Waals surface area contributed by atoms with Crippen LogP contribution in [-0.2, 0) is 26.9 Å². The van der Waals surface area contributed by atoms with E-state index in [4.69, 9.17) is 10.00 Å². The van der Waals surface area contributed by atoms with Gasteiger partial charge < -0.3 is 10.1 Å². The second-order valence-corrected chi connectivity index (χ2v) is 7.22. The van der Waals surface area contributed by atoms with Gasteiger partial charge in [0.2, 0.25) is 0 Å². The molecule has 0 bridgehead atoms. The number of aryl methyl sites for hydroxylation is 2. The van der Waals surface area contributed by atoms with Crippen LogP contribution < -0.4 is 5.32 Å². The first-order chi connectivity index (χ1) is 15.5. The van der Waals surface area contributed by atoms with Crippen molar-refractivity contribution in [3.05, 3.63) is 52.6 Å². The molecule has 1 N–H and O–H groups in total. The lowest BCUT2D eigenvalue weighted by Crippen LogP contribution is -2.30. The summed E-state index contributed by atoms with van der Waals surface area (Å²) >= 11 is 0. The standard InChI is InChI=1S/C21H19F3N6O3/c1-11-16(12(2)30-20(26-11)28-19(29-30)21(22,23)24)7-8-17(31)33-13(3)18(32)27-15-6-4-5-14(9-15)10-25/h4-6,9,13H,7-8H2,1-3H3,(H,27,32). The second kappa shape index (κ2) is 9.23. The maximum Gasteiger partial charge on any atom is 0.453 e. The molecule has 0 radical (unpaired) electrons. The van der Waals surface area contributed by atoms with Crippen molar-refractivity contribution in [3.8, 4) is 6.07 Å². The number of nitrogens with zero attached hydrogens (tertiary/aromatic N) is 5. The van der Waals surface area contributed by atoms with Crippen LogP contribution in [0.15, 0.2) is 24.3 Å². The Morgan fingerprint density at radius 1 is 1.27 bits per heavy atom. The Labute approximate surface area is 186 Å². The summed E-state index contributed by atoms with van der Waals surface area (Å²) in [6, 6.07) is 8.22. The third-order valence-electron chi connectivity index (χ3n) is 4.82. The predicted octanol–water partition coefficient (Wildman–Crippen LogP) is 3.13. The van der Waals surface area contributed by atoms with E-state index in [2.05, 4.69) is 20.4 Å². The Kier molecular flexibility index (Phi) is 6.62. The number of fused-ring (bicyclic) bond motifs is 1. The summed E-state index contributed by atoms with van der Waals surface area (Å²) in [5.41, 5.74) is 2.07. The lowest BCUT2D eigenvalue weighted by Gasteiger charge is -2.14. The minimum Gasteiger partial charge on any atom is -0.453 e. The maximum atomic E-state index is 12.9. The number of hydrogen-bond acceptors (Lipinski definition) is 7. The van der Waals surface area contributed by atoms with E-state index in [0.717, 1.165) is 4.52 Å². The SMILES string of the molecule is Cc1nc2nc(C(F)(F)F)nn2c(C)c1CCC(=O)OC(C)C(=O)Nc1cccc(C#N)c1. The van der Waals surface area contributed by atoms with Gasteiger partial charge >= 0.3 is 12.1 Å². The number of esters is 1. The van der Waals surface area contributed by atoms with E-state index in [1.54, 1.807) is 32.0 Å². The van der Waals surface area contributed by atoms with Crippen LogP contribution in [0.4, 0.5) is 18.9 Å². The molecule has 0 saturated carbocycles. The van der Waals surface area contributed by atoms with E-state index >= 15 is 0 Å². The zero-order chi connectivity index (χ0) is 24.3. The molecular weight excluding hydrogens is 441 g/mol. The Bertz CT molecular complexity index is 1260. The van der Waals surface area contributed by atoms with Crippen molar-refractivity contribution in [2.24, 2.45) is 0 Å². The predicted molar refractivity (Wildman–Crippen MR) is 109 cm³/mol. The van der Waals surface area contributed by atoms with E-state index in [9.17, 15) is 22.8 Å². The molecule has 1 aromatic carbocycles. The van der Waals surface area contributed by atoms with Crippen LogP contribution in [0.1, 0.15) is 41.7 Å². The van der Waals surface area contributed by atoms with E-state index in [-0.39, 0.29) is 18.6 Å². The molecule has 3 aromatic rings. The van der Waals surface area contributed by atoms with Gasteiger partial charge in [0.15, 0.2) is 6.10 Å². The van der Waals surface area contributed by atoms with Crippen molar-refractivity contribution >= 4 is 23.3 Å². The first kappa shape index (κ1) is 23.6. The van der Waals surface area contributed by atoms with Crippen LogP contribution in [0, 0.1) is 25.2 Å². The average Bonchev–Trinajstić information content (AvgIpc) is 3.18. The molecule has 0 spiro atoms. The molecule has 0 aliphatic carbocycles. The van der Waals surface area contributed by atoms with Gasteiger partial charge in [-0.3, -0.25) is 9.59 Å². The van der Waals surface area contributed by atoms with E-state index in [1.807, 2.05) is 6.07 Å². The van der Waals surface area contributed by atoms with E-state index < -0.39 is 30.0 Å². The number of alkyl halides is 3. The average molecular weight is 460 g/mol. The summed E-state index contributed by atoms with van der Waals surface area (Å²) in [5.74, 6) is -2.73. The summed E-state index contributed by atoms with van der Waals surface area (Å²) in [7, 11) is 0. The monoisotopic (exact) mass is 460 g/mol. The molecule has 0 aliphatic rings. The molecule has 3 rings (SSSR count). The van der Waals surface area contributed by atoms with Crippen LogP contribution >= 0.6 is 0 Å². The summed E-state index contributed by atoms with van der Waals surface area (Å²) in [6.45, 7) is 4.56. The fourth-order valence-electron chi connectivity index (χ4n) is 3.14. The van der Waals surface area contributed by atoms with Gasteiger partial charge in [-0.15, -0.1) is 5.10 Å². The van der Waals surface area contributed by atoms with Gasteiger partial charge in [-0.25, -0.2) is 9.50 Å². The van der Waals surface area contributed by atoms with Crippen LogP contribution in [0.2, 0.25) is 0 Å². The first-order valence-electron chi connectivity index (χ1n) is 9.80. The Morgan fingerprint density at radius 2 is 2.00 bits per heavy atom. The zero-order valence-electron chi connectivity index (χ0n) is 17.9.